The lowest BCUT2D eigenvalue weighted by molar-refractivity contribution is 0.253. The fourth-order valence-electron chi connectivity index (χ4n) is 2.00. The fourth-order valence-corrected chi connectivity index (χ4v) is 2.00. The van der Waals surface area contributed by atoms with Gasteiger partial charge in [-0.05, 0) is 35.1 Å². The molecule has 7 heteroatoms. The van der Waals surface area contributed by atoms with E-state index in [1.165, 1.54) is 12.8 Å². The van der Waals surface area contributed by atoms with Gasteiger partial charge >= 0.3 is 0 Å². The molecule has 2 heterocycles. The van der Waals surface area contributed by atoms with Gasteiger partial charge in [-0.15, -0.1) is 5.10 Å². The van der Waals surface area contributed by atoms with E-state index in [2.05, 4.69) is 25.8 Å². The highest BCUT2D eigenvalue weighted by molar-refractivity contribution is 5.43. The zero-order valence-electron chi connectivity index (χ0n) is 9.37. The van der Waals surface area contributed by atoms with Crippen LogP contribution in [0.25, 0.3) is 5.65 Å². The van der Waals surface area contributed by atoms with Crippen LogP contribution in [0.4, 0.5) is 5.82 Å². The molecule has 0 radical (unpaired) electrons. The summed E-state index contributed by atoms with van der Waals surface area (Å²) in [6.07, 6.45) is 6.50. The minimum absolute atomic E-state index is 0.245. The van der Waals surface area contributed by atoms with Crippen molar-refractivity contribution in [3.63, 3.8) is 0 Å². The number of nitrogens with one attached hydrogen (secondary N) is 1. The van der Waals surface area contributed by atoms with E-state index in [0.717, 1.165) is 18.8 Å². The number of fused-ring (bicyclic) bond motifs is 1. The van der Waals surface area contributed by atoms with E-state index >= 15 is 0 Å². The summed E-state index contributed by atoms with van der Waals surface area (Å²) in [5.74, 6) is 0.789. The van der Waals surface area contributed by atoms with Gasteiger partial charge in [-0.25, -0.2) is 0 Å². The normalized spacial score (nSPS) is 17.2. The molecule has 17 heavy (non-hydrogen) atoms. The first kappa shape index (κ1) is 10.4. The minimum atomic E-state index is 0.245. The van der Waals surface area contributed by atoms with E-state index in [-0.39, 0.29) is 12.0 Å². The molecule has 3 rings (SSSR count). The van der Waals surface area contributed by atoms with E-state index < -0.39 is 0 Å². The summed E-state index contributed by atoms with van der Waals surface area (Å²) in [5.41, 5.74) is 0.882. The Labute approximate surface area is 97.9 Å². The predicted octanol–water partition coefficient (Wildman–Crippen LogP) is 0.0938. The first-order chi connectivity index (χ1) is 8.33. The zero-order valence-corrected chi connectivity index (χ0v) is 9.37. The van der Waals surface area contributed by atoms with Crippen molar-refractivity contribution in [3.8, 4) is 0 Å². The maximum Gasteiger partial charge on any atom is 0.199 e. The Balaban J connectivity index is 1.75. The molecule has 1 saturated carbocycles. The number of aromatic nitrogens is 5. The van der Waals surface area contributed by atoms with E-state index in [1.54, 1.807) is 16.9 Å². The summed E-state index contributed by atoms with van der Waals surface area (Å²) in [5, 5.41) is 23.6. The Morgan fingerprint density at radius 2 is 2.29 bits per heavy atom. The van der Waals surface area contributed by atoms with Gasteiger partial charge in [-0.1, -0.05) is 0 Å². The second-order valence-corrected chi connectivity index (χ2v) is 4.57. The first-order valence-electron chi connectivity index (χ1n) is 5.70. The molecule has 0 atom stereocenters. The molecule has 2 aromatic heterocycles. The summed E-state index contributed by atoms with van der Waals surface area (Å²) in [7, 11) is 0. The standard InChI is InChI=1S/C10H14N6O/c17-4-3-10(1-2-10)7-12-8-5-11-6-9-13-14-15-16(8)9/h5-6,12,17H,1-4,7H2. The third-order valence-electron chi connectivity index (χ3n) is 3.35. The number of tetrazole rings is 1. The molecule has 0 aromatic carbocycles. The summed E-state index contributed by atoms with van der Waals surface area (Å²) in [6.45, 7) is 1.07. The Kier molecular flexibility index (Phi) is 2.40. The lowest BCUT2D eigenvalue weighted by Crippen LogP contribution is -2.18. The lowest BCUT2D eigenvalue weighted by Gasteiger charge is -2.15. The highest BCUT2D eigenvalue weighted by atomic mass is 16.3. The second kappa shape index (κ2) is 3.92. The molecule has 1 aliphatic rings. The molecular formula is C10H14N6O. The predicted molar refractivity (Wildman–Crippen MR) is 60.4 cm³/mol. The summed E-state index contributed by atoms with van der Waals surface area (Å²) in [6, 6.07) is 0. The first-order valence-corrected chi connectivity index (χ1v) is 5.70. The van der Waals surface area contributed by atoms with Crippen molar-refractivity contribution < 1.29 is 5.11 Å². The number of hydrogen-bond donors (Lipinski definition) is 2. The highest BCUT2D eigenvalue weighted by Gasteiger charge is 2.41. The van der Waals surface area contributed by atoms with E-state index in [4.69, 9.17) is 5.11 Å². The van der Waals surface area contributed by atoms with E-state index in [0.29, 0.717) is 5.65 Å². The molecule has 90 valence electrons. The van der Waals surface area contributed by atoms with Gasteiger partial charge in [0.25, 0.3) is 0 Å². The van der Waals surface area contributed by atoms with Crippen LogP contribution < -0.4 is 5.32 Å². The van der Waals surface area contributed by atoms with Crippen molar-refractivity contribution in [3.05, 3.63) is 12.4 Å². The van der Waals surface area contributed by atoms with Crippen molar-refractivity contribution in [2.45, 2.75) is 19.3 Å². The molecule has 1 fully saturated rings. The summed E-state index contributed by atoms with van der Waals surface area (Å²) >= 11 is 0. The van der Waals surface area contributed by atoms with Crippen molar-refractivity contribution in [1.82, 2.24) is 25.0 Å². The van der Waals surface area contributed by atoms with Gasteiger partial charge < -0.3 is 10.4 Å². The van der Waals surface area contributed by atoms with Gasteiger partial charge in [0.15, 0.2) is 5.65 Å². The summed E-state index contributed by atoms with van der Waals surface area (Å²) < 4.78 is 1.63. The number of hydrogen-bond acceptors (Lipinski definition) is 6. The van der Waals surface area contributed by atoms with Crippen LogP contribution in [0.1, 0.15) is 19.3 Å². The van der Waals surface area contributed by atoms with Crippen LogP contribution in [0.3, 0.4) is 0 Å². The zero-order chi connectivity index (χ0) is 11.7. The van der Waals surface area contributed by atoms with Gasteiger partial charge in [0.05, 0.1) is 12.4 Å². The number of aliphatic hydroxyl groups excluding tert-OH is 1. The van der Waals surface area contributed by atoms with Crippen LogP contribution in [0.2, 0.25) is 0 Å². The maximum absolute atomic E-state index is 9.00. The van der Waals surface area contributed by atoms with Crippen LogP contribution in [0.15, 0.2) is 12.4 Å². The second-order valence-electron chi connectivity index (χ2n) is 4.57. The Hall–Kier alpha value is -1.76. The van der Waals surface area contributed by atoms with Crippen LogP contribution in [0, 0.1) is 5.41 Å². The molecule has 0 amide bonds. The van der Waals surface area contributed by atoms with Crippen molar-refractivity contribution in [2.75, 3.05) is 18.5 Å². The average Bonchev–Trinajstić information content (AvgIpc) is 2.92. The molecule has 0 aliphatic heterocycles. The van der Waals surface area contributed by atoms with Gasteiger partial charge in [-0.2, -0.15) is 4.52 Å². The number of aliphatic hydroxyl groups is 1. The highest BCUT2D eigenvalue weighted by Crippen LogP contribution is 2.48. The van der Waals surface area contributed by atoms with Gasteiger partial charge in [0, 0.05) is 13.2 Å². The van der Waals surface area contributed by atoms with Crippen LogP contribution in [-0.4, -0.2) is 43.3 Å². The number of rotatable bonds is 5. The Bertz CT molecular complexity index is 520. The van der Waals surface area contributed by atoms with Gasteiger partial charge in [-0.3, -0.25) is 4.98 Å². The van der Waals surface area contributed by atoms with E-state index in [9.17, 15) is 0 Å². The third-order valence-corrected chi connectivity index (χ3v) is 3.35. The summed E-state index contributed by atoms with van der Waals surface area (Å²) in [4.78, 5) is 4.08. The van der Waals surface area contributed by atoms with Gasteiger partial charge in [0.1, 0.15) is 5.82 Å². The van der Waals surface area contributed by atoms with Gasteiger partial charge in [0.2, 0.25) is 0 Å². The smallest absolute Gasteiger partial charge is 0.199 e. The molecule has 1 aliphatic carbocycles. The number of anilines is 1. The molecule has 2 N–H and O–H groups in total. The SMILES string of the molecule is OCCC1(CNc2cncc3nnnn23)CC1. The average molecular weight is 234 g/mol. The molecule has 0 saturated heterocycles. The monoisotopic (exact) mass is 234 g/mol. The quantitative estimate of drug-likeness (QED) is 0.762. The van der Waals surface area contributed by atoms with Crippen LogP contribution >= 0.6 is 0 Å². The topological polar surface area (TPSA) is 88.2 Å². The lowest BCUT2D eigenvalue weighted by atomic mass is 10.0. The van der Waals surface area contributed by atoms with E-state index in [1.807, 2.05) is 0 Å². The minimum Gasteiger partial charge on any atom is -0.396 e. The fraction of sp³-hybridized carbons (Fsp3) is 0.600. The molecule has 0 spiro atoms. The molecular weight excluding hydrogens is 220 g/mol. The maximum atomic E-state index is 9.00. The Morgan fingerprint density at radius 1 is 1.41 bits per heavy atom. The molecule has 0 unspecified atom stereocenters. The largest absolute Gasteiger partial charge is 0.396 e. The van der Waals surface area contributed by atoms with Crippen LogP contribution in [-0.2, 0) is 0 Å². The molecule has 7 nitrogen and oxygen atoms in total. The third kappa shape index (κ3) is 1.93. The van der Waals surface area contributed by atoms with Crippen molar-refractivity contribution >= 4 is 11.5 Å². The van der Waals surface area contributed by atoms with Crippen molar-refractivity contribution in [2.24, 2.45) is 5.41 Å². The number of nitrogens with zero attached hydrogens (tertiary/aromatic N) is 5. The Morgan fingerprint density at radius 3 is 3.06 bits per heavy atom. The molecule has 0 bridgehead atoms. The van der Waals surface area contributed by atoms with Crippen molar-refractivity contribution in [1.29, 1.82) is 0 Å². The molecule has 2 aromatic rings. The van der Waals surface area contributed by atoms with Crippen LogP contribution in [0.5, 0.6) is 0 Å².